The van der Waals surface area contributed by atoms with Crippen molar-refractivity contribution in [1.29, 1.82) is 0 Å². The van der Waals surface area contributed by atoms with Gasteiger partial charge in [-0.2, -0.15) is 0 Å². The minimum Gasteiger partial charge on any atom is -0.299 e. The molecular weight excluding hydrogens is 180 g/mol. The highest BCUT2D eigenvalue weighted by atomic mass is 16.2. The van der Waals surface area contributed by atoms with Crippen LogP contribution >= 0.6 is 0 Å². The molecule has 1 aliphatic carbocycles. The topological polar surface area (TPSA) is 51.2 Å². The molecule has 0 heterocycles. The number of hydrogen-bond acceptors (Lipinski definition) is 3. The van der Waals surface area contributed by atoms with Gasteiger partial charge in [0.25, 0.3) is 0 Å². The number of aldehydes is 1. The molecule has 1 aliphatic rings. The van der Waals surface area contributed by atoms with Crippen LogP contribution in [0.1, 0.15) is 32.6 Å². The number of ketones is 2. The molecule has 3 nitrogen and oxygen atoms in total. The number of allylic oxidation sites excluding steroid dienone is 2. The van der Waals surface area contributed by atoms with Crippen molar-refractivity contribution in [3.05, 3.63) is 12.2 Å². The molecule has 0 N–H and O–H groups in total. The molecule has 0 amide bonds. The maximum atomic E-state index is 11.6. The van der Waals surface area contributed by atoms with Gasteiger partial charge in [0.1, 0.15) is 17.9 Å². The third-order valence-electron chi connectivity index (χ3n) is 2.78. The third kappa shape index (κ3) is 1.97. The second-order valence-electron chi connectivity index (χ2n) is 3.80. The van der Waals surface area contributed by atoms with Crippen molar-refractivity contribution < 1.29 is 14.4 Å². The van der Waals surface area contributed by atoms with Crippen LogP contribution in [-0.2, 0) is 14.4 Å². The Bertz CT molecular complexity index is 273. The molecule has 0 aliphatic heterocycles. The van der Waals surface area contributed by atoms with E-state index in [0.717, 1.165) is 0 Å². The van der Waals surface area contributed by atoms with Gasteiger partial charge in [-0.3, -0.25) is 14.4 Å². The summed E-state index contributed by atoms with van der Waals surface area (Å²) < 4.78 is 0. The van der Waals surface area contributed by atoms with Crippen LogP contribution in [0.2, 0.25) is 0 Å². The van der Waals surface area contributed by atoms with Crippen LogP contribution in [0.15, 0.2) is 12.2 Å². The van der Waals surface area contributed by atoms with E-state index in [9.17, 15) is 14.4 Å². The van der Waals surface area contributed by atoms with E-state index >= 15 is 0 Å². The highest BCUT2D eigenvalue weighted by Gasteiger charge is 2.41. The van der Waals surface area contributed by atoms with Gasteiger partial charge in [0.2, 0.25) is 0 Å². The first-order valence-electron chi connectivity index (χ1n) is 4.78. The van der Waals surface area contributed by atoms with Crippen LogP contribution in [0.3, 0.4) is 0 Å². The summed E-state index contributed by atoms with van der Waals surface area (Å²) in [5, 5.41) is 0. The van der Waals surface area contributed by atoms with Gasteiger partial charge in [-0.15, -0.1) is 0 Å². The summed E-state index contributed by atoms with van der Waals surface area (Å²) in [6, 6.07) is 0. The van der Waals surface area contributed by atoms with E-state index in [1.807, 2.05) is 0 Å². The summed E-state index contributed by atoms with van der Waals surface area (Å²) in [5.41, 5.74) is -0.877. The molecule has 0 unspecified atom stereocenters. The second kappa shape index (κ2) is 4.31. The van der Waals surface area contributed by atoms with Gasteiger partial charge in [0.05, 0.1) is 5.41 Å². The average molecular weight is 194 g/mol. The molecule has 0 spiro atoms. The van der Waals surface area contributed by atoms with Crippen molar-refractivity contribution in [1.82, 2.24) is 0 Å². The van der Waals surface area contributed by atoms with E-state index in [1.165, 1.54) is 6.08 Å². The molecule has 3 heteroatoms. The lowest BCUT2D eigenvalue weighted by molar-refractivity contribution is -0.142. The molecule has 0 radical (unpaired) electrons. The summed E-state index contributed by atoms with van der Waals surface area (Å²) in [4.78, 5) is 33.2. The number of carbonyl (C=O) groups excluding carboxylic acids is 3. The zero-order valence-electron chi connectivity index (χ0n) is 8.29. The van der Waals surface area contributed by atoms with Gasteiger partial charge in [0, 0.05) is 12.8 Å². The Hall–Kier alpha value is -1.25. The number of carbonyl (C=O) groups is 3. The Balaban J connectivity index is 2.76. The quantitative estimate of drug-likeness (QED) is 0.388. The Morgan fingerprint density at radius 3 is 2.36 bits per heavy atom. The number of Topliss-reactive ketones (excluding diaryl/α,β-unsaturated/α-hetero) is 2. The average Bonchev–Trinajstić information content (AvgIpc) is 2.15. The van der Waals surface area contributed by atoms with Crippen molar-refractivity contribution in [3.63, 3.8) is 0 Å². The largest absolute Gasteiger partial charge is 0.299 e. The van der Waals surface area contributed by atoms with E-state index in [1.54, 1.807) is 13.0 Å². The summed E-state index contributed by atoms with van der Waals surface area (Å²) >= 11 is 0. The van der Waals surface area contributed by atoms with Gasteiger partial charge in [0.15, 0.2) is 0 Å². The smallest absolute Gasteiger partial charge is 0.146 e. The molecule has 0 bridgehead atoms. The van der Waals surface area contributed by atoms with Crippen molar-refractivity contribution in [2.75, 3.05) is 0 Å². The van der Waals surface area contributed by atoms with E-state index in [2.05, 4.69) is 0 Å². The van der Waals surface area contributed by atoms with Gasteiger partial charge in [-0.1, -0.05) is 6.08 Å². The van der Waals surface area contributed by atoms with Crippen molar-refractivity contribution in [2.45, 2.75) is 32.6 Å². The fraction of sp³-hybridized carbons (Fsp3) is 0.545. The van der Waals surface area contributed by atoms with Crippen molar-refractivity contribution in [3.8, 4) is 0 Å². The van der Waals surface area contributed by atoms with E-state index < -0.39 is 5.41 Å². The predicted molar refractivity (Wildman–Crippen MR) is 51.8 cm³/mol. The van der Waals surface area contributed by atoms with Crippen LogP contribution in [-0.4, -0.2) is 17.9 Å². The molecule has 1 fully saturated rings. The second-order valence-corrected chi connectivity index (χ2v) is 3.80. The summed E-state index contributed by atoms with van der Waals surface area (Å²) in [6.45, 7) is 1.67. The molecule has 14 heavy (non-hydrogen) atoms. The lowest BCUT2D eigenvalue weighted by Gasteiger charge is -2.29. The van der Waals surface area contributed by atoms with Gasteiger partial charge in [-0.25, -0.2) is 0 Å². The molecule has 0 aromatic heterocycles. The minimum absolute atomic E-state index is 0.00398. The molecule has 0 atom stereocenters. The fourth-order valence-electron chi connectivity index (χ4n) is 1.70. The molecule has 1 rings (SSSR count). The highest BCUT2D eigenvalue weighted by Crippen LogP contribution is 2.33. The van der Waals surface area contributed by atoms with Crippen LogP contribution < -0.4 is 0 Å². The Labute approximate surface area is 83.2 Å². The summed E-state index contributed by atoms with van der Waals surface area (Å²) in [6.07, 6.45) is 5.57. The molecule has 76 valence electrons. The Morgan fingerprint density at radius 2 is 1.86 bits per heavy atom. The third-order valence-corrected chi connectivity index (χ3v) is 2.78. The summed E-state index contributed by atoms with van der Waals surface area (Å²) in [7, 11) is 0. The van der Waals surface area contributed by atoms with Crippen LogP contribution in [0.25, 0.3) is 0 Å². The van der Waals surface area contributed by atoms with Crippen molar-refractivity contribution in [2.24, 2.45) is 5.41 Å². The lowest BCUT2D eigenvalue weighted by atomic mass is 9.71. The highest BCUT2D eigenvalue weighted by molar-refractivity contribution is 6.08. The zero-order valence-corrected chi connectivity index (χ0v) is 8.29. The number of hydrogen-bond donors (Lipinski definition) is 0. The fourth-order valence-corrected chi connectivity index (χ4v) is 1.70. The van der Waals surface area contributed by atoms with E-state index in [-0.39, 0.29) is 11.6 Å². The van der Waals surface area contributed by atoms with Crippen LogP contribution in [0.4, 0.5) is 0 Å². The van der Waals surface area contributed by atoms with Gasteiger partial charge >= 0.3 is 0 Å². The molecule has 0 saturated heterocycles. The normalized spacial score (nSPS) is 21.5. The Morgan fingerprint density at radius 1 is 1.29 bits per heavy atom. The molecule has 1 saturated carbocycles. The lowest BCUT2D eigenvalue weighted by Crippen LogP contribution is -2.39. The van der Waals surface area contributed by atoms with Gasteiger partial charge < -0.3 is 0 Å². The minimum atomic E-state index is -0.877. The van der Waals surface area contributed by atoms with Crippen LogP contribution in [0.5, 0.6) is 0 Å². The molecular formula is C11H14O3. The first kappa shape index (κ1) is 10.8. The first-order chi connectivity index (χ1) is 6.61. The maximum Gasteiger partial charge on any atom is 0.146 e. The van der Waals surface area contributed by atoms with Gasteiger partial charge in [-0.05, 0) is 25.8 Å². The van der Waals surface area contributed by atoms with Crippen LogP contribution in [0, 0.1) is 5.41 Å². The number of rotatable bonds is 3. The predicted octanol–water partition coefficient (Wildman–Crippen LogP) is 1.46. The Kier molecular flexibility index (Phi) is 3.33. The summed E-state index contributed by atoms with van der Waals surface area (Å²) in [5.74, 6) is 0.00796. The maximum absolute atomic E-state index is 11.6. The van der Waals surface area contributed by atoms with E-state index in [0.29, 0.717) is 32.0 Å². The van der Waals surface area contributed by atoms with E-state index in [4.69, 9.17) is 0 Å². The first-order valence-corrected chi connectivity index (χ1v) is 4.78. The SMILES string of the molecule is CC1(C/C=C\C=O)C(=O)CCCC1=O. The zero-order chi connectivity index (χ0) is 10.6. The molecule has 0 aromatic carbocycles. The standard InChI is InChI=1S/C11H14O3/c1-11(7-2-3-8-12)9(13)5-4-6-10(11)14/h2-3,8H,4-7H2,1H3/b3-2-. The van der Waals surface area contributed by atoms with Crippen molar-refractivity contribution >= 4 is 17.9 Å². The molecule has 0 aromatic rings. The monoisotopic (exact) mass is 194 g/mol.